The van der Waals surface area contributed by atoms with Crippen LogP contribution in [0.25, 0.3) is 0 Å². The Morgan fingerprint density at radius 3 is 3.15 bits per heavy atom. The highest BCUT2D eigenvalue weighted by molar-refractivity contribution is 5.76. The van der Waals surface area contributed by atoms with Gasteiger partial charge in [0.05, 0.1) is 6.54 Å². The molecule has 8 nitrogen and oxygen atoms in total. The standard InChI is InChI=1S/C12H17N7O/c20-11(3-5-19-9-13-7-16-19)18-4-1-2-10(6-18)12-14-8-15-17-12/h7-10H,1-6H2,(H,14,15,17)/t10-/m1/s1. The first-order valence-corrected chi connectivity index (χ1v) is 6.78. The number of piperidine rings is 1. The van der Waals surface area contributed by atoms with E-state index in [0.29, 0.717) is 19.5 Å². The number of aromatic amines is 1. The Kier molecular flexibility index (Phi) is 3.71. The molecule has 106 valence electrons. The van der Waals surface area contributed by atoms with Gasteiger partial charge in [-0.25, -0.2) is 9.97 Å². The first-order valence-electron chi connectivity index (χ1n) is 6.78. The Morgan fingerprint density at radius 1 is 1.45 bits per heavy atom. The Morgan fingerprint density at radius 2 is 2.40 bits per heavy atom. The third-order valence-corrected chi connectivity index (χ3v) is 3.62. The first-order chi connectivity index (χ1) is 9.83. The van der Waals surface area contributed by atoms with Crippen molar-refractivity contribution in [3.63, 3.8) is 0 Å². The number of hydrogen-bond acceptors (Lipinski definition) is 5. The summed E-state index contributed by atoms with van der Waals surface area (Å²) in [6, 6.07) is 0. The lowest BCUT2D eigenvalue weighted by atomic mass is 9.97. The first kappa shape index (κ1) is 12.8. The van der Waals surface area contributed by atoms with Crippen LogP contribution in [0.2, 0.25) is 0 Å². The molecule has 1 aliphatic heterocycles. The maximum absolute atomic E-state index is 12.2. The van der Waals surface area contributed by atoms with Crippen LogP contribution in [0.1, 0.15) is 31.0 Å². The van der Waals surface area contributed by atoms with Gasteiger partial charge in [-0.2, -0.15) is 10.2 Å². The molecule has 3 rings (SSSR count). The summed E-state index contributed by atoms with van der Waals surface area (Å²) in [6.07, 6.45) is 7.11. The lowest BCUT2D eigenvalue weighted by Gasteiger charge is -2.31. The normalized spacial score (nSPS) is 19.2. The number of H-pyrrole nitrogens is 1. The van der Waals surface area contributed by atoms with Gasteiger partial charge < -0.3 is 4.90 Å². The molecular weight excluding hydrogens is 258 g/mol. The molecule has 3 heterocycles. The second-order valence-corrected chi connectivity index (χ2v) is 4.96. The molecule has 0 unspecified atom stereocenters. The van der Waals surface area contributed by atoms with E-state index in [1.165, 1.54) is 12.7 Å². The molecule has 0 aliphatic carbocycles. The fourth-order valence-corrected chi connectivity index (χ4v) is 2.55. The second kappa shape index (κ2) is 5.81. The van der Waals surface area contributed by atoms with E-state index in [-0.39, 0.29) is 11.8 Å². The third kappa shape index (κ3) is 2.84. The van der Waals surface area contributed by atoms with Gasteiger partial charge in [0.1, 0.15) is 24.8 Å². The van der Waals surface area contributed by atoms with E-state index in [9.17, 15) is 4.79 Å². The predicted molar refractivity (Wildman–Crippen MR) is 69.6 cm³/mol. The SMILES string of the molecule is O=C(CCn1cncn1)N1CCC[C@@H](c2ncn[nH]2)C1. The number of carbonyl (C=O) groups excluding carboxylic acids is 1. The van der Waals surface area contributed by atoms with Crippen molar-refractivity contribution >= 4 is 5.91 Å². The summed E-state index contributed by atoms with van der Waals surface area (Å²) in [5.41, 5.74) is 0. The molecule has 1 fully saturated rings. The number of amides is 1. The van der Waals surface area contributed by atoms with Crippen molar-refractivity contribution in [2.24, 2.45) is 0 Å². The zero-order valence-corrected chi connectivity index (χ0v) is 11.1. The van der Waals surface area contributed by atoms with Crippen molar-refractivity contribution in [3.05, 3.63) is 24.8 Å². The minimum Gasteiger partial charge on any atom is -0.342 e. The Balaban J connectivity index is 1.55. The number of nitrogens with one attached hydrogen (secondary N) is 1. The molecule has 1 N–H and O–H groups in total. The Hall–Kier alpha value is -2.25. The summed E-state index contributed by atoms with van der Waals surface area (Å²) in [5.74, 6) is 1.30. The predicted octanol–water partition coefficient (Wildman–Crippen LogP) is 0.192. The van der Waals surface area contributed by atoms with Gasteiger partial charge in [-0.05, 0) is 12.8 Å². The van der Waals surface area contributed by atoms with Crippen molar-refractivity contribution in [2.45, 2.75) is 31.7 Å². The van der Waals surface area contributed by atoms with Crippen molar-refractivity contribution in [1.29, 1.82) is 0 Å². The minimum absolute atomic E-state index is 0.157. The van der Waals surface area contributed by atoms with Gasteiger partial charge in [0.2, 0.25) is 5.91 Å². The highest BCUT2D eigenvalue weighted by atomic mass is 16.2. The summed E-state index contributed by atoms with van der Waals surface area (Å²) < 4.78 is 1.68. The molecule has 8 heteroatoms. The van der Waals surface area contributed by atoms with Gasteiger partial charge in [-0.1, -0.05) is 0 Å². The van der Waals surface area contributed by atoms with Crippen molar-refractivity contribution in [1.82, 2.24) is 34.8 Å². The van der Waals surface area contributed by atoms with E-state index in [1.807, 2.05) is 4.90 Å². The fourth-order valence-electron chi connectivity index (χ4n) is 2.55. The molecular formula is C12H17N7O. The van der Waals surface area contributed by atoms with Gasteiger partial charge >= 0.3 is 0 Å². The van der Waals surface area contributed by atoms with Gasteiger partial charge in [0.15, 0.2) is 0 Å². The number of aromatic nitrogens is 6. The van der Waals surface area contributed by atoms with Crippen LogP contribution in [0.5, 0.6) is 0 Å². The van der Waals surface area contributed by atoms with Crippen LogP contribution in [0.15, 0.2) is 19.0 Å². The number of likely N-dealkylation sites (tertiary alicyclic amines) is 1. The van der Waals surface area contributed by atoms with Crippen molar-refractivity contribution < 1.29 is 4.79 Å². The maximum atomic E-state index is 12.2. The molecule has 20 heavy (non-hydrogen) atoms. The summed E-state index contributed by atoms with van der Waals surface area (Å²) in [7, 11) is 0. The molecule has 1 saturated heterocycles. The second-order valence-electron chi connectivity index (χ2n) is 4.96. The quantitative estimate of drug-likeness (QED) is 0.860. The van der Waals surface area contributed by atoms with Gasteiger partial charge in [-0.3, -0.25) is 14.6 Å². The highest BCUT2D eigenvalue weighted by Gasteiger charge is 2.26. The number of rotatable bonds is 4. The van der Waals surface area contributed by atoms with E-state index >= 15 is 0 Å². The Labute approximate surface area is 116 Å². The van der Waals surface area contributed by atoms with Crippen LogP contribution in [-0.4, -0.2) is 53.8 Å². The summed E-state index contributed by atoms with van der Waals surface area (Å²) in [6.45, 7) is 2.11. The maximum Gasteiger partial charge on any atom is 0.224 e. The van der Waals surface area contributed by atoms with Crippen LogP contribution < -0.4 is 0 Å². The van der Waals surface area contributed by atoms with E-state index in [4.69, 9.17) is 0 Å². The molecule has 0 saturated carbocycles. The lowest BCUT2D eigenvalue weighted by Crippen LogP contribution is -2.39. The van der Waals surface area contributed by atoms with Crippen LogP contribution in [-0.2, 0) is 11.3 Å². The van der Waals surface area contributed by atoms with E-state index in [1.54, 1.807) is 11.0 Å². The smallest absolute Gasteiger partial charge is 0.224 e. The molecule has 1 aliphatic rings. The van der Waals surface area contributed by atoms with Crippen LogP contribution in [0.4, 0.5) is 0 Å². The topological polar surface area (TPSA) is 92.6 Å². The molecule has 1 atom stereocenters. The molecule has 2 aromatic rings. The van der Waals surface area contributed by atoms with Gasteiger partial charge in [0.25, 0.3) is 0 Å². The lowest BCUT2D eigenvalue weighted by molar-refractivity contribution is -0.132. The molecule has 0 aromatic carbocycles. The molecule has 0 radical (unpaired) electrons. The number of aryl methyl sites for hydroxylation is 1. The average molecular weight is 275 g/mol. The van der Waals surface area contributed by atoms with Crippen LogP contribution in [0.3, 0.4) is 0 Å². The molecule has 0 bridgehead atoms. The summed E-state index contributed by atoms with van der Waals surface area (Å²) >= 11 is 0. The van der Waals surface area contributed by atoms with E-state index < -0.39 is 0 Å². The fraction of sp³-hybridized carbons (Fsp3) is 0.583. The largest absolute Gasteiger partial charge is 0.342 e. The summed E-state index contributed by atoms with van der Waals surface area (Å²) in [4.78, 5) is 22.2. The molecule has 0 spiro atoms. The number of hydrogen-bond donors (Lipinski definition) is 1. The van der Waals surface area contributed by atoms with Gasteiger partial charge in [0, 0.05) is 25.4 Å². The Bertz CT molecular complexity index is 536. The minimum atomic E-state index is 0.157. The monoisotopic (exact) mass is 275 g/mol. The molecule has 1 amide bonds. The van der Waals surface area contributed by atoms with Gasteiger partial charge in [-0.15, -0.1) is 0 Å². The third-order valence-electron chi connectivity index (χ3n) is 3.62. The zero-order valence-electron chi connectivity index (χ0n) is 11.1. The highest BCUT2D eigenvalue weighted by Crippen LogP contribution is 2.24. The van der Waals surface area contributed by atoms with E-state index in [0.717, 1.165) is 25.2 Å². The molecule has 2 aromatic heterocycles. The van der Waals surface area contributed by atoms with Crippen molar-refractivity contribution in [2.75, 3.05) is 13.1 Å². The zero-order chi connectivity index (χ0) is 13.8. The van der Waals surface area contributed by atoms with E-state index in [2.05, 4.69) is 25.3 Å². The van der Waals surface area contributed by atoms with Crippen LogP contribution >= 0.6 is 0 Å². The van der Waals surface area contributed by atoms with Crippen LogP contribution in [0, 0.1) is 0 Å². The summed E-state index contributed by atoms with van der Waals surface area (Å²) in [5, 5.41) is 10.8. The number of nitrogens with zero attached hydrogens (tertiary/aromatic N) is 6. The van der Waals surface area contributed by atoms with Crippen molar-refractivity contribution in [3.8, 4) is 0 Å². The number of carbonyl (C=O) groups is 1. The average Bonchev–Trinajstić information content (AvgIpc) is 3.18.